The Hall–Kier alpha value is -3.97. The molecule has 0 bridgehead atoms. The average Bonchev–Trinajstić information content (AvgIpc) is 3.54. The van der Waals surface area contributed by atoms with E-state index in [1.807, 2.05) is 13.8 Å². The Morgan fingerprint density at radius 3 is 2.29 bits per heavy atom. The zero-order valence-corrected chi connectivity index (χ0v) is 30.6. The van der Waals surface area contributed by atoms with E-state index >= 15 is 0 Å². The van der Waals surface area contributed by atoms with Crippen LogP contribution in [0.2, 0.25) is 0 Å². The maximum Gasteiger partial charge on any atom is 0.407 e. The maximum atomic E-state index is 14.1. The van der Waals surface area contributed by atoms with Gasteiger partial charge in [-0.25, -0.2) is 18.4 Å². The fraction of sp³-hybridized carbons (Fsp3) is 0.703. The van der Waals surface area contributed by atoms with Crippen molar-refractivity contribution in [2.24, 2.45) is 23.7 Å². The first-order chi connectivity index (χ1) is 24.2. The highest BCUT2D eigenvalue weighted by Crippen LogP contribution is 2.38. The van der Waals surface area contributed by atoms with E-state index < -0.39 is 66.8 Å². The van der Waals surface area contributed by atoms with E-state index in [-0.39, 0.29) is 30.9 Å². The van der Waals surface area contributed by atoms with Crippen LogP contribution in [-0.2, 0) is 30.3 Å². The highest BCUT2D eigenvalue weighted by atomic mass is 19.3. The number of anilines is 1. The summed E-state index contributed by atoms with van der Waals surface area (Å²) in [6.45, 7) is 9.65. The summed E-state index contributed by atoms with van der Waals surface area (Å²) in [4.78, 5) is 66.6. The topological polar surface area (TPSA) is 166 Å². The van der Waals surface area contributed by atoms with Gasteiger partial charge >= 0.3 is 12.1 Å². The standard InChI is InChI=1S/C37H57F2N5O7/c1-6-28(36(48)49)41-27-14-10-11-24(17-27)15-16-40-33(45)29(19-31(38)39)42-34(46)30-18-26(25-12-8-7-9-13-25)20-44(30)35(47)32(23(4)5)43-37(50)51-21-22(2)3/h10-11,14,17,22-23,25-26,28-32,41H,6-9,12-13,15-16,18-21H2,1-5H3,(H,40,45)(H,42,46)(H,43,50)(H,48,49)/t26-,28?,29+,30+,32+/m1/s1. The second-order valence-corrected chi connectivity index (χ2v) is 14.6. The Labute approximate surface area is 300 Å². The molecule has 1 aromatic rings. The molecule has 2 fully saturated rings. The number of aliphatic carboxylic acids is 1. The molecule has 12 nitrogen and oxygen atoms in total. The number of benzene rings is 1. The van der Waals surface area contributed by atoms with E-state index in [9.17, 15) is 37.9 Å². The fourth-order valence-corrected chi connectivity index (χ4v) is 6.90. The summed E-state index contributed by atoms with van der Waals surface area (Å²) in [5, 5.41) is 20.1. The summed E-state index contributed by atoms with van der Waals surface area (Å²) in [5.74, 6) is -2.81. The molecule has 1 aliphatic heterocycles. The van der Waals surface area contributed by atoms with E-state index in [0.29, 0.717) is 37.4 Å². The molecule has 3 rings (SSSR count). The molecule has 5 atom stereocenters. The number of rotatable bonds is 18. The van der Waals surface area contributed by atoms with E-state index in [1.54, 1.807) is 45.0 Å². The summed E-state index contributed by atoms with van der Waals surface area (Å²) >= 11 is 0. The van der Waals surface area contributed by atoms with Gasteiger partial charge in [-0.15, -0.1) is 0 Å². The minimum Gasteiger partial charge on any atom is -0.480 e. The van der Waals surface area contributed by atoms with Crippen molar-refractivity contribution in [3.8, 4) is 0 Å². The van der Waals surface area contributed by atoms with Crippen LogP contribution >= 0.6 is 0 Å². The number of ether oxygens (including phenoxy) is 1. The predicted molar refractivity (Wildman–Crippen MR) is 189 cm³/mol. The first-order valence-electron chi connectivity index (χ1n) is 18.4. The van der Waals surface area contributed by atoms with Gasteiger partial charge < -0.3 is 36.0 Å². The second kappa shape index (κ2) is 20.2. The number of hydrogen-bond acceptors (Lipinski definition) is 7. The molecule has 4 amide bonds. The molecule has 286 valence electrons. The number of amides is 4. The van der Waals surface area contributed by atoms with Gasteiger partial charge in [0, 0.05) is 25.2 Å². The normalized spacial score (nSPS) is 19.8. The van der Waals surface area contributed by atoms with Crippen molar-refractivity contribution in [1.29, 1.82) is 0 Å². The largest absolute Gasteiger partial charge is 0.480 e. The van der Waals surface area contributed by atoms with E-state index in [0.717, 1.165) is 37.7 Å². The van der Waals surface area contributed by atoms with Gasteiger partial charge in [-0.3, -0.25) is 14.4 Å². The van der Waals surface area contributed by atoms with Crippen molar-refractivity contribution >= 4 is 35.5 Å². The summed E-state index contributed by atoms with van der Waals surface area (Å²) in [6, 6.07) is 2.76. The summed E-state index contributed by atoms with van der Waals surface area (Å²) in [6.07, 6.45) is 1.71. The van der Waals surface area contributed by atoms with Crippen LogP contribution in [0.25, 0.3) is 0 Å². The van der Waals surface area contributed by atoms with E-state index in [4.69, 9.17) is 4.74 Å². The number of carbonyl (C=O) groups excluding carboxylic acids is 4. The second-order valence-electron chi connectivity index (χ2n) is 14.6. The molecule has 2 aliphatic rings. The zero-order valence-electron chi connectivity index (χ0n) is 30.6. The van der Waals surface area contributed by atoms with Crippen LogP contribution in [0.15, 0.2) is 24.3 Å². The number of carboxylic acids is 1. The number of nitrogens with one attached hydrogen (secondary N) is 4. The number of alkyl carbamates (subject to hydrolysis) is 1. The monoisotopic (exact) mass is 721 g/mol. The molecule has 1 aromatic carbocycles. The number of hydrogen-bond donors (Lipinski definition) is 5. The van der Waals surface area contributed by atoms with E-state index in [2.05, 4.69) is 21.3 Å². The molecule has 5 N–H and O–H groups in total. The van der Waals surface area contributed by atoms with Crippen LogP contribution in [0.5, 0.6) is 0 Å². The van der Waals surface area contributed by atoms with Crippen LogP contribution in [-0.4, -0.2) is 90.1 Å². The van der Waals surface area contributed by atoms with Crippen molar-refractivity contribution in [3.63, 3.8) is 0 Å². The Balaban J connectivity index is 1.72. The maximum absolute atomic E-state index is 14.1. The molecule has 1 aliphatic carbocycles. The molecule has 1 saturated heterocycles. The van der Waals surface area contributed by atoms with Gasteiger partial charge in [-0.05, 0) is 60.6 Å². The molecule has 1 heterocycles. The van der Waals surface area contributed by atoms with Crippen molar-refractivity contribution in [2.75, 3.05) is 25.0 Å². The quantitative estimate of drug-likeness (QED) is 0.142. The van der Waals surface area contributed by atoms with Gasteiger partial charge in [0.25, 0.3) is 0 Å². The van der Waals surface area contributed by atoms with E-state index in [1.165, 1.54) is 4.90 Å². The van der Waals surface area contributed by atoms with Gasteiger partial charge in [0.2, 0.25) is 24.1 Å². The Kier molecular flexibility index (Phi) is 16.4. The van der Waals surface area contributed by atoms with Gasteiger partial charge in [-0.1, -0.05) is 78.9 Å². The molecule has 0 aromatic heterocycles. The molecule has 1 unspecified atom stereocenters. The Morgan fingerprint density at radius 1 is 0.980 bits per heavy atom. The lowest BCUT2D eigenvalue weighted by molar-refractivity contribution is -0.141. The smallest absolute Gasteiger partial charge is 0.407 e. The zero-order chi connectivity index (χ0) is 37.7. The van der Waals surface area contributed by atoms with Crippen LogP contribution in [0, 0.1) is 23.7 Å². The molecule has 0 radical (unpaired) electrons. The van der Waals surface area contributed by atoms with Crippen LogP contribution in [0.4, 0.5) is 19.3 Å². The van der Waals surface area contributed by atoms with Crippen molar-refractivity contribution in [2.45, 2.75) is 123 Å². The van der Waals surface area contributed by atoms with Crippen LogP contribution in [0.1, 0.15) is 91.5 Å². The third-order valence-corrected chi connectivity index (χ3v) is 9.72. The van der Waals surface area contributed by atoms with Gasteiger partial charge in [0.1, 0.15) is 24.2 Å². The third-order valence-electron chi connectivity index (χ3n) is 9.72. The first-order valence-corrected chi connectivity index (χ1v) is 18.4. The lowest BCUT2D eigenvalue weighted by atomic mass is 9.79. The molecule has 14 heteroatoms. The highest BCUT2D eigenvalue weighted by molar-refractivity contribution is 5.94. The third kappa shape index (κ3) is 12.9. The Morgan fingerprint density at radius 2 is 1.69 bits per heavy atom. The highest BCUT2D eigenvalue weighted by Gasteiger charge is 2.45. The first kappa shape index (κ1) is 41.5. The number of nitrogens with zero attached hydrogens (tertiary/aromatic N) is 1. The van der Waals surface area contributed by atoms with Gasteiger partial charge in [-0.2, -0.15) is 0 Å². The molecule has 51 heavy (non-hydrogen) atoms. The number of alkyl halides is 2. The molecular formula is C37H57F2N5O7. The van der Waals surface area contributed by atoms with Crippen molar-refractivity contribution in [1.82, 2.24) is 20.9 Å². The van der Waals surface area contributed by atoms with Gasteiger partial charge in [0.05, 0.1) is 6.61 Å². The van der Waals surface area contributed by atoms with Crippen LogP contribution < -0.4 is 21.3 Å². The lowest BCUT2D eigenvalue weighted by Crippen LogP contribution is -2.57. The number of carbonyl (C=O) groups is 5. The number of carboxylic acid groups (broad SMARTS) is 1. The molecular weight excluding hydrogens is 664 g/mol. The van der Waals surface area contributed by atoms with Crippen molar-refractivity contribution in [3.05, 3.63) is 29.8 Å². The summed E-state index contributed by atoms with van der Waals surface area (Å²) in [7, 11) is 0. The number of likely N-dealkylation sites (tertiary alicyclic amines) is 1. The average molecular weight is 722 g/mol. The lowest BCUT2D eigenvalue weighted by Gasteiger charge is -2.31. The SMILES string of the molecule is CCC(Nc1cccc(CCNC(=O)[C@H](CC(F)F)NC(=O)[C@@H]2C[C@@H](C3CCCCC3)CN2C(=O)[C@@H](NC(=O)OCC(C)C)C(C)C)c1)C(=O)O. The summed E-state index contributed by atoms with van der Waals surface area (Å²) in [5.41, 5.74) is 1.38. The minimum atomic E-state index is -2.88. The van der Waals surface area contributed by atoms with Crippen LogP contribution in [0.3, 0.4) is 0 Å². The molecule has 1 saturated carbocycles. The molecule has 0 spiro atoms. The number of halogens is 2. The van der Waals surface area contributed by atoms with Crippen molar-refractivity contribution < 1.29 is 42.6 Å². The predicted octanol–water partition coefficient (Wildman–Crippen LogP) is 4.96. The minimum absolute atomic E-state index is 0.0152. The van der Waals surface area contributed by atoms with Gasteiger partial charge in [0.15, 0.2) is 0 Å². The summed E-state index contributed by atoms with van der Waals surface area (Å²) < 4.78 is 32.7. The Bertz CT molecular complexity index is 1320. The fourth-order valence-electron chi connectivity index (χ4n) is 6.90.